The van der Waals surface area contributed by atoms with Gasteiger partial charge in [0.2, 0.25) is 5.91 Å². The smallest absolute Gasteiger partial charge is 0.314 e. The van der Waals surface area contributed by atoms with Crippen LogP contribution in [-0.2, 0) is 20.7 Å². The molecule has 26 heavy (non-hydrogen) atoms. The molecular formula is C18H20ClNO6. The van der Waals surface area contributed by atoms with Gasteiger partial charge in [-0.1, -0.05) is 11.6 Å². The highest BCUT2D eigenvalue weighted by Gasteiger charge is 2.55. The van der Waals surface area contributed by atoms with E-state index in [1.165, 1.54) is 0 Å². The van der Waals surface area contributed by atoms with Crippen molar-refractivity contribution < 1.29 is 28.9 Å². The van der Waals surface area contributed by atoms with E-state index in [1.807, 2.05) is 0 Å². The van der Waals surface area contributed by atoms with Gasteiger partial charge in [-0.05, 0) is 24.0 Å². The third-order valence-corrected chi connectivity index (χ3v) is 5.85. The monoisotopic (exact) mass is 381 g/mol. The molecule has 1 N–H and O–H groups in total. The van der Waals surface area contributed by atoms with E-state index < -0.39 is 11.4 Å². The molecule has 0 radical (unpaired) electrons. The Morgan fingerprint density at radius 1 is 1.23 bits per heavy atom. The van der Waals surface area contributed by atoms with Crippen molar-refractivity contribution in [1.29, 1.82) is 0 Å². The van der Waals surface area contributed by atoms with Crippen molar-refractivity contribution in [2.24, 2.45) is 11.3 Å². The number of hydrogen-bond donors (Lipinski definition) is 1. The lowest BCUT2D eigenvalue weighted by Gasteiger charge is -2.33. The van der Waals surface area contributed by atoms with Crippen LogP contribution < -0.4 is 9.47 Å². The summed E-state index contributed by atoms with van der Waals surface area (Å²) in [6.45, 7) is 2.23. The van der Waals surface area contributed by atoms with E-state index in [2.05, 4.69) is 0 Å². The van der Waals surface area contributed by atoms with Gasteiger partial charge in [0.1, 0.15) is 18.6 Å². The number of amides is 1. The quantitative estimate of drug-likeness (QED) is 0.856. The third kappa shape index (κ3) is 2.89. The van der Waals surface area contributed by atoms with Crippen LogP contribution in [0.2, 0.25) is 5.02 Å². The van der Waals surface area contributed by atoms with Crippen molar-refractivity contribution in [2.75, 3.05) is 39.5 Å². The maximum Gasteiger partial charge on any atom is 0.314 e. The molecule has 0 aliphatic carbocycles. The fraction of sp³-hybridized carbons (Fsp3) is 0.556. The minimum atomic E-state index is -0.996. The molecule has 2 saturated heterocycles. The first-order valence-electron chi connectivity index (χ1n) is 8.66. The highest BCUT2D eigenvalue weighted by Crippen LogP contribution is 2.42. The molecule has 1 aromatic carbocycles. The third-order valence-electron chi connectivity index (χ3n) is 5.50. The number of carboxylic acids is 1. The van der Waals surface area contributed by atoms with Crippen LogP contribution in [0.3, 0.4) is 0 Å². The molecule has 2 atom stereocenters. The molecule has 3 aliphatic rings. The Labute approximate surface area is 155 Å². The number of carboxylic acid groups (broad SMARTS) is 1. The van der Waals surface area contributed by atoms with E-state index in [0.29, 0.717) is 54.9 Å². The molecule has 3 aliphatic heterocycles. The Hall–Kier alpha value is -1.99. The van der Waals surface area contributed by atoms with Crippen molar-refractivity contribution in [3.05, 3.63) is 22.7 Å². The summed E-state index contributed by atoms with van der Waals surface area (Å²) in [6.07, 6.45) is 0.750. The van der Waals surface area contributed by atoms with Crippen LogP contribution in [0.5, 0.6) is 11.5 Å². The normalized spacial score (nSPS) is 27.1. The lowest BCUT2D eigenvalue weighted by atomic mass is 9.76. The SMILES string of the molecule is O=C(Cc1cc2c(cc1Cl)OCCO2)N1C[C@@H]2CCOC[C@]2(C(=O)O)C1. The highest BCUT2D eigenvalue weighted by molar-refractivity contribution is 6.31. The Kier molecular flexibility index (Phi) is 4.44. The van der Waals surface area contributed by atoms with Crippen LogP contribution in [0.4, 0.5) is 0 Å². The molecule has 140 valence electrons. The first-order valence-corrected chi connectivity index (χ1v) is 9.04. The van der Waals surface area contributed by atoms with Gasteiger partial charge in [0.15, 0.2) is 11.5 Å². The maximum absolute atomic E-state index is 12.8. The summed E-state index contributed by atoms with van der Waals surface area (Å²) in [5.41, 5.74) is -0.346. The highest BCUT2D eigenvalue weighted by atomic mass is 35.5. The molecule has 0 saturated carbocycles. The number of fused-ring (bicyclic) bond motifs is 2. The summed E-state index contributed by atoms with van der Waals surface area (Å²) in [5, 5.41) is 10.1. The van der Waals surface area contributed by atoms with Gasteiger partial charge in [0.25, 0.3) is 0 Å². The van der Waals surface area contributed by atoms with E-state index >= 15 is 0 Å². The number of rotatable bonds is 3. The average Bonchev–Trinajstić information content (AvgIpc) is 3.03. The minimum Gasteiger partial charge on any atom is -0.486 e. The second-order valence-corrected chi connectivity index (χ2v) is 7.44. The van der Waals surface area contributed by atoms with Gasteiger partial charge < -0.3 is 24.2 Å². The van der Waals surface area contributed by atoms with Crippen molar-refractivity contribution >= 4 is 23.5 Å². The Morgan fingerprint density at radius 3 is 2.65 bits per heavy atom. The zero-order valence-electron chi connectivity index (χ0n) is 14.2. The standard InChI is InChI=1S/C18H20ClNO6/c19-13-7-15-14(25-3-4-26-15)5-11(13)6-16(21)20-8-12-1-2-24-10-18(12,9-20)17(22)23/h5,7,12H,1-4,6,8-10H2,(H,22,23)/t12-,18+/m0/s1. The summed E-state index contributed by atoms with van der Waals surface area (Å²) >= 11 is 6.29. The lowest BCUT2D eigenvalue weighted by molar-refractivity contribution is -0.159. The van der Waals surface area contributed by atoms with E-state index in [0.717, 1.165) is 0 Å². The fourth-order valence-electron chi connectivity index (χ4n) is 4.00. The predicted octanol–water partition coefficient (Wildman–Crippen LogP) is 1.60. The molecule has 8 heteroatoms. The van der Waals surface area contributed by atoms with Gasteiger partial charge in [0, 0.05) is 30.8 Å². The van der Waals surface area contributed by atoms with E-state index in [4.69, 9.17) is 25.8 Å². The van der Waals surface area contributed by atoms with Gasteiger partial charge in [-0.25, -0.2) is 0 Å². The molecule has 0 bridgehead atoms. The van der Waals surface area contributed by atoms with Gasteiger partial charge in [-0.3, -0.25) is 9.59 Å². The van der Waals surface area contributed by atoms with Crippen molar-refractivity contribution in [3.63, 3.8) is 0 Å². The number of nitrogens with zero attached hydrogens (tertiary/aromatic N) is 1. The zero-order chi connectivity index (χ0) is 18.3. The first-order chi connectivity index (χ1) is 12.5. The first kappa shape index (κ1) is 17.4. The molecule has 4 rings (SSSR count). The number of likely N-dealkylation sites (tertiary alicyclic amines) is 1. The van der Waals surface area contributed by atoms with Crippen molar-refractivity contribution in [3.8, 4) is 11.5 Å². The molecule has 3 heterocycles. The Bertz CT molecular complexity index is 753. The molecule has 0 aromatic heterocycles. The number of benzene rings is 1. The number of halogens is 1. The van der Waals surface area contributed by atoms with Gasteiger partial charge in [-0.15, -0.1) is 0 Å². The second kappa shape index (κ2) is 6.63. The summed E-state index contributed by atoms with van der Waals surface area (Å²) in [4.78, 5) is 26.3. The van der Waals surface area contributed by atoms with E-state index in [9.17, 15) is 14.7 Å². The van der Waals surface area contributed by atoms with Gasteiger partial charge >= 0.3 is 5.97 Å². The topological polar surface area (TPSA) is 85.3 Å². The fourth-order valence-corrected chi connectivity index (χ4v) is 4.22. The van der Waals surface area contributed by atoms with Crippen LogP contribution in [0.25, 0.3) is 0 Å². The van der Waals surface area contributed by atoms with E-state index in [-0.39, 0.29) is 31.4 Å². The van der Waals surface area contributed by atoms with E-state index in [1.54, 1.807) is 17.0 Å². The summed E-state index contributed by atoms with van der Waals surface area (Å²) in [5.74, 6) is 0.0440. The maximum atomic E-state index is 12.8. The summed E-state index contributed by atoms with van der Waals surface area (Å²) < 4.78 is 16.4. The number of hydrogen-bond acceptors (Lipinski definition) is 5. The Morgan fingerprint density at radius 2 is 1.96 bits per heavy atom. The summed E-state index contributed by atoms with van der Waals surface area (Å²) in [7, 11) is 0. The van der Waals surface area contributed by atoms with Crippen LogP contribution in [-0.4, -0.2) is 61.4 Å². The molecule has 2 fully saturated rings. The number of carbonyl (C=O) groups is 2. The molecule has 0 spiro atoms. The van der Waals surface area contributed by atoms with Gasteiger partial charge in [0.05, 0.1) is 13.0 Å². The second-order valence-electron chi connectivity index (χ2n) is 7.04. The van der Waals surface area contributed by atoms with Crippen LogP contribution in [0.1, 0.15) is 12.0 Å². The number of aliphatic carboxylic acids is 1. The Balaban J connectivity index is 1.51. The minimum absolute atomic E-state index is 0.0755. The summed E-state index contributed by atoms with van der Waals surface area (Å²) in [6, 6.07) is 3.39. The largest absolute Gasteiger partial charge is 0.486 e. The molecule has 0 unspecified atom stereocenters. The van der Waals surface area contributed by atoms with Crippen LogP contribution in [0.15, 0.2) is 12.1 Å². The average molecular weight is 382 g/mol. The molecular weight excluding hydrogens is 362 g/mol. The number of carbonyl (C=O) groups excluding carboxylic acids is 1. The zero-order valence-corrected chi connectivity index (χ0v) is 15.0. The lowest BCUT2D eigenvalue weighted by Crippen LogP contribution is -2.46. The van der Waals surface area contributed by atoms with Crippen molar-refractivity contribution in [2.45, 2.75) is 12.8 Å². The number of ether oxygens (including phenoxy) is 3. The van der Waals surface area contributed by atoms with Gasteiger partial charge in [-0.2, -0.15) is 0 Å². The van der Waals surface area contributed by atoms with Crippen molar-refractivity contribution in [1.82, 2.24) is 4.90 Å². The predicted molar refractivity (Wildman–Crippen MR) is 91.7 cm³/mol. The van der Waals surface area contributed by atoms with Crippen LogP contribution in [0, 0.1) is 11.3 Å². The molecule has 7 nitrogen and oxygen atoms in total. The molecule has 1 aromatic rings. The molecule has 1 amide bonds. The van der Waals surface area contributed by atoms with Crippen LogP contribution >= 0.6 is 11.6 Å².